The summed E-state index contributed by atoms with van der Waals surface area (Å²) in [5, 5.41) is 11.9. The van der Waals surface area contributed by atoms with Crippen LogP contribution in [0, 0.1) is 5.92 Å². The molecule has 1 atom stereocenters. The molecule has 7 nitrogen and oxygen atoms in total. The highest BCUT2D eigenvalue weighted by atomic mass is 16.2. The molecule has 3 aromatic rings. The Balaban J connectivity index is 1.37. The molecule has 2 aliphatic heterocycles. The lowest BCUT2D eigenvalue weighted by atomic mass is 9.95. The molecule has 26 heavy (non-hydrogen) atoms. The Morgan fingerprint density at radius 1 is 1.19 bits per heavy atom. The minimum Gasteiger partial charge on any atom is -0.338 e. The summed E-state index contributed by atoms with van der Waals surface area (Å²) in [5.74, 6) is 1.19. The van der Waals surface area contributed by atoms with Crippen LogP contribution in [0.25, 0.3) is 11.3 Å². The van der Waals surface area contributed by atoms with Crippen molar-refractivity contribution in [1.29, 1.82) is 0 Å². The minimum absolute atomic E-state index is 0.0159. The molecule has 0 spiro atoms. The quantitative estimate of drug-likeness (QED) is 0.766. The van der Waals surface area contributed by atoms with E-state index in [2.05, 4.69) is 32.4 Å². The monoisotopic (exact) mass is 348 g/mol. The molecule has 1 aromatic carbocycles. The number of amides is 1. The van der Waals surface area contributed by atoms with Crippen LogP contribution in [-0.2, 0) is 30.7 Å². The Hall–Kier alpha value is -2.96. The number of carbonyl (C=O) groups excluding carboxylic acids is 1. The number of fused-ring (bicyclic) bond motifs is 2. The van der Waals surface area contributed by atoms with Crippen LogP contribution in [0.15, 0.2) is 36.7 Å². The van der Waals surface area contributed by atoms with Crippen LogP contribution >= 0.6 is 0 Å². The first-order valence-electron chi connectivity index (χ1n) is 9.06. The predicted octanol–water partition coefficient (Wildman–Crippen LogP) is 1.82. The maximum Gasteiger partial charge on any atom is 0.227 e. The van der Waals surface area contributed by atoms with E-state index in [1.165, 1.54) is 0 Å². The van der Waals surface area contributed by atoms with Crippen molar-refractivity contribution in [3.63, 3.8) is 0 Å². The molecule has 1 amide bonds. The van der Waals surface area contributed by atoms with Gasteiger partial charge >= 0.3 is 0 Å². The number of carbonyl (C=O) groups is 1. The Bertz CT molecular complexity index is 944. The number of benzene rings is 1. The lowest BCUT2D eigenvalue weighted by molar-refractivity contribution is -0.137. The van der Waals surface area contributed by atoms with Crippen molar-refractivity contribution in [3.05, 3.63) is 53.7 Å². The predicted molar refractivity (Wildman–Crippen MR) is 95.0 cm³/mol. The number of aromatic nitrogens is 5. The van der Waals surface area contributed by atoms with Gasteiger partial charge in [0, 0.05) is 42.8 Å². The normalized spacial score (nSPS) is 19.1. The maximum absolute atomic E-state index is 13.1. The van der Waals surface area contributed by atoms with Crippen LogP contribution in [0.4, 0.5) is 0 Å². The molecule has 2 aliphatic rings. The Kier molecular flexibility index (Phi) is 3.58. The standard InChI is InChI=1S/C19H20N6O/c26-19(14-6-7-17-20-12-21-25(17)10-14)24-9-8-16-15(11-24)18(23-22-16)13-4-2-1-3-5-13/h1-5,12,14H,6-11H2,(H,22,23). The Labute approximate surface area is 151 Å². The van der Waals surface area contributed by atoms with E-state index in [1.807, 2.05) is 27.8 Å². The second kappa shape index (κ2) is 6.09. The minimum atomic E-state index is -0.0159. The van der Waals surface area contributed by atoms with E-state index in [9.17, 15) is 4.79 Å². The molecule has 1 N–H and O–H groups in total. The van der Waals surface area contributed by atoms with Gasteiger partial charge in [0.2, 0.25) is 5.91 Å². The molecule has 0 saturated heterocycles. The number of rotatable bonds is 2. The smallest absolute Gasteiger partial charge is 0.227 e. The zero-order valence-corrected chi connectivity index (χ0v) is 14.4. The van der Waals surface area contributed by atoms with Crippen molar-refractivity contribution in [2.75, 3.05) is 6.54 Å². The van der Waals surface area contributed by atoms with Gasteiger partial charge in [0.15, 0.2) is 0 Å². The molecule has 1 unspecified atom stereocenters. The van der Waals surface area contributed by atoms with Gasteiger partial charge in [0.05, 0.1) is 18.2 Å². The second-order valence-corrected chi connectivity index (χ2v) is 7.00. The average Bonchev–Trinajstić information content (AvgIpc) is 3.33. The van der Waals surface area contributed by atoms with E-state index in [0.717, 1.165) is 54.1 Å². The van der Waals surface area contributed by atoms with Gasteiger partial charge in [-0.25, -0.2) is 9.67 Å². The number of hydrogen-bond acceptors (Lipinski definition) is 4. The third kappa shape index (κ3) is 2.51. The molecule has 5 rings (SSSR count). The highest BCUT2D eigenvalue weighted by Gasteiger charge is 2.32. The third-order valence-corrected chi connectivity index (χ3v) is 5.45. The number of H-pyrrole nitrogens is 1. The maximum atomic E-state index is 13.1. The summed E-state index contributed by atoms with van der Waals surface area (Å²) in [4.78, 5) is 19.3. The van der Waals surface area contributed by atoms with Crippen molar-refractivity contribution in [2.24, 2.45) is 5.92 Å². The van der Waals surface area contributed by atoms with Gasteiger partial charge in [0.25, 0.3) is 0 Å². The van der Waals surface area contributed by atoms with Gasteiger partial charge in [0.1, 0.15) is 12.2 Å². The van der Waals surface area contributed by atoms with Crippen LogP contribution in [0.5, 0.6) is 0 Å². The fraction of sp³-hybridized carbons (Fsp3) is 0.368. The fourth-order valence-corrected chi connectivity index (χ4v) is 4.02. The van der Waals surface area contributed by atoms with Crippen molar-refractivity contribution >= 4 is 5.91 Å². The summed E-state index contributed by atoms with van der Waals surface area (Å²) < 4.78 is 1.87. The van der Waals surface area contributed by atoms with Gasteiger partial charge in [-0.05, 0) is 6.42 Å². The van der Waals surface area contributed by atoms with Gasteiger partial charge in [-0.15, -0.1) is 0 Å². The lowest BCUT2D eigenvalue weighted by Gasteiger charge is -2.32. The average molecular weight is 348 g/mol. The van der Waals surface area contributed by atoms with Crippen molar-refractivity contribution in [3.8, 4) is 11.3 Å². The summed E-state index contributed by atoms with van der Waals surface area (Å²) in [6.07, 6.45) is 4.06. The van der Waals surface area contributed by atoms with Gasteiger partial charge < -0.3 is 4.90 Å². The summed E-state index contributed by atoms with van der Waals surface area (Å²) in [6, 6.07) is 10.1. The molecular formula is C19H20N6O. The van der Waals surface area contributed by atoms with E-state index < -0.39 is 0 Å². The zero-order valence-electron chi connectivity index (χ0n) is 14.4. The summed E-state index contributed by atoms with van der Waals surface area (Å²) in [5.41, 5.74) is 4.34. The largest absolute Gasteiger partial charge is 0.338 e. The number of hydrogen-bond donors (Lipinski definition) is 1. The van der Waals surface area contributed by atoms with Crippen LogP contribution in [0.1, 0.15) is 23.5 Å². The molecule has 0 saturated carbocycles. The number of nitrogens with zero attached hydrogens (tertiary/aromatic N) is 5. The van der Waals surface area contributed by atoms with Crippen molar-refractivity contribution in [2.45, 2.75) is 32.4 Å². The molecule has 2 aromatic heterocycles. The molecule has 0 bridgehead atoms. The topological polar surface area (TPSA) is 79.7 Å². The molecule has 4 heterocycles. The van der Waals surface area contributed by atoms with E-state index in [1.54, 1.807) is 6.33 Å². The molecule has 7 heteroatoms. The van der Waals surface area contributed by atoms with Crippen LogP contribution in [-0.4, -0.2) is 42.3 Å². The van der Waals surface area contributed by atoms with E-state index in [4.69, 9.17) is 0 Å². The first-order valence-corrected chi connectivity index (χ1v) is 9.06. The highest BCUT2D eigenvalue weighted by molar-refractivity contribution is 5.79. The Morgan fingerprint density at radius 2 is 2.08 bits per heavy atom. The second-order valence-electron chi connectivity index (χ2n) is 7.00. The van der Waals surface area contributed by atoms with E-state index in [0.29, 0.717) is 13.1 Å². The molecule has 132 valence electrons. The van der Waals surface area contributed by atoms with Gasteiger partial charge in [-0.1, -0.05) is 30.3 Å². The summed E-state index contributed by atoms with van der Waals surface area (Å²) in [6.45, 7) is 1.99. The molecule has 0 radical (unpaired) electrons. The fourth-order valence-electron chi connectivity index (χ4n) is 4.02. The van der Waals surface area contributed by atoms with E-state index >= 15 is 0 Å². The SMILES string of the molecule is O=C(C1CCc2ncnn2C1)N1CCc2[nH]nc(-c3ccccc3)c2C1. The number of aromatic amines is 1. The first kappa shape index (κ1) is 15.3. The van der Waals surface area contributed by atoms with Gasteiger partial charge in [-0.2, -0.15) is 10.2 Å². The third-order valence-electron chi connectivity index (χ3n) is 5.45. The summed E-state index contributed by atoms with van der Waals surface area (Å²) >= 11 is 0. The Morgan fingerprint density at radius 3 is 2.96 bits per heavy atom. The zero-order chi connectivity index (χ0) is 17.5. The lowest BCUT2D eigenvalue weighted by Crippen LogP contribution is -2.42. The number of aryl methyl sites for hydroxylation is 1. The molecular weight excluding hydrogens is 328 g/mol. The van der Waals surface area contributed by atoms with E-state index in [-0.39, 0.29) is 11.8 Å². The molecule has 0 aliphatic carbocycles. The highest BCUT2D eigenvalue weighted by Crippen LogP contribution is 2.30. The summed E-state index contributed by atoms with van der Waals surface area (Å²) in [7, 11) is 0. The number of nitrogens with one attached hydrogen (secondary N) is 1. The van der Waals surface area contributed by atoms with Crippen molar-refractivity contribution in [1.82, 2.24) is 29.9 Å². The van der Waals surface area contributed by atoms with Crippen LogP contribution < -0.4 is 0 Å². The first-order chi connectivity index (χ1) is 12.8. The van der Waals surface area contributed by atoms with Crippen LogP contribution in [0.3, 0.4) is 0 Å². The van der Waals surface area contributed by atoms with Gasteiger partial charge in [-0.3, -0.25) is 9.89 Å². The van der Waals surface area contributed by atoms with Crippen LogP contribution in [0.2, 0.25) is 0 Å². The molecule has 0 fully saturated rings. The van der Waals surface area contributed by atoms with Crippen molar-refractivity contribution < 1.29 is 4.79 Å².